The molecule has 1 aromatic rings. The van der Waals surface area contributed by atoms with Gasteiger partial charge in [0.1, 0.15) is 0 Å². The van der Waals surface area contributed by atoms with E-state index in [4.69, 9.17) is 11.6 Å². The third kappa shape index (κ3) is 3.60. The van der Waals surface area contributed by atoms with E-state index >= 15 is 0 Å². The van der Waals surface area contributed by atoms with Crippen LogP contribution < -0.4 is 5.32 Å². The zero-order valence-corrected chi connectivity index (χ0v) is 12.3. The van der Waals surface area contributed by atoms with Crippen LogP contribution in [-0.4, -0.2) is 26.0 Å². The monoisotopic (exact) mass is 337 g/mol. The summed E-state index contributed by atoms with van der Waals surface area (Å²) in [5.41, 5.74) is 0.892. The van der Waals surface area contributed by atoms with Crippen LogP contribution in [0.25, 0.3) is 0 Å². The number of nitrogens with one attached hydrogen (secondary N) is 1. The largest absolute Gasteiger partial charge is 0.381 e. The molecular formula is C11H13BrClNO2S. The summed E-state index contributed by atoms with van der Waals surface area (Å²) in [6, 6.07) is 5.50. The molecule has 1 N–H and O–H groups in total. The molecule has 0 bridgehead atoms. The number of halogens is 2. The highest BCUT2D eigenvalue weighted by molar-refractivity contribution is 9.10. The second-order valence-corrected chi connectivity index (χ2v) is 7.72. The molecule has 1 heterocycles. The van der Waals surface area contributed by atoms with Gasteiger partial charge in [0.05, 0.1) is 16.5 Å². The fraction of sp³-hybridized carbons (Fsp3) is 0.455. The Morgan fingerprint density at radius 3 is 2.82 bits per heavy atom. The normalized spacial score (nSPS) is 23.3. The van der Waals surface area contributed by atoms with E-state index in [-0.39, 0.29) is 11.8 Å². The molecule has 0 aliphatic carbocycles. The lowest BCUT2D eigenvalue weighted by Crippen LogP contribution is -2.34. The van der Waals surface area contributed by atoms with Crippen molar-refractivity contribution in [1.29, 1.82) is 0 Å². The molecular weight excluding hydrogens is 326 g/mol. The van der Waals surface area contributed by atoms with Gasteiger partial charge >= 0.3 is 0 Å². The first kappa shape index (κ1) is 13.2. The van der Waals surface area contributed by atoms with Gasteiger partial charge in [-0.05, 0) is 47.0 Å². The Balaban J connectivity index is 2.08. The maximum Gasteiger partial charge on any atom is 0.152 e. The summed E-state index contributed by atoms with van der Waals surface area (Å²) in [6.07, 6.45) is 1.62. The van der Waals surface area contributed by atoms with Crippen molar-refractivity contribution in [2.45, 2.75) is 18.9 Å². The Kier molecular flexibility index (Phi) is 4.00. The molecule has 3 nitrogen and oxygen atoms in total. The summed E-state index contributed by atoms with van der Waals surface area (Å²) in [6.45, 7) is 0. The van der Waals surface area contributed by atoms with Crippen LogP contribution in [0.15, 0.2) is 22.7 Å². The maximum absolute atomic E-state index is 11.5. The first-order valence-corrected chi connectivity index (χ1v) is 8.37. The molecule has 1 aromatic carbocycles. The second-order valence-electron chi connectivity index (χ2n) is 4.23. The molecule has 1 saturated heterocycles. The minimum atomic E-state index is -2.87. The zero-order valence-electron chi connectivity index (χ0n) is 9.12. The molecule has 1 fully saturated rings. The van der Waals surface area contributed by atoms with Crippen LogP contribution >= 0.6 is 27.5 Å². The molecule has 1 aliphatic heterocycles. The lowest BCUT2D eigenvalue weighted by atomic mass is 10.2. The molecule has 6 heteroatoms. The van der Waals surface area contributed by atoms with Gasteiger partial charge in [0.15, 0.2) is 9.84 Å². The Morgan fingerprint density at radius 2 is 2.18 bits per heavy atom. The lowest BCUT2D eigenvalue weighted by molar-refractivity contribution is 0.562. The minimum absolute atomic E-state index is 0.00169. The van der Waals surface area contributed by atoms with E-state index in [0.29, 0.717) is 10.8 Å². The van der Waals surface area contributed by atoms with Crippen molar-refractivity contribution < 1.29 is 8.42 Å². The van der Waals surface area contributed by atoms with Gasteiger partial charge in [-0.25, -0.2) is 8.42 Å². The Hall–Kier alpha value is -0.260. The van der Waals surface area contributed by atoms with E-state index in [1.54, 1.807) is 6.07 Å². The third-order valence-corrected chi connectivity index (χ3v) is 5.79. The van der Waals surface area contributed by atoms with Crippen molar-refractivity contribution in [1.82, 2.24) is 0 Å². The summed E-state index contributed by atoms with van der Waals surface area (Å²) in [5.74, 6) is 0.530. The number of hydrogen-bond acceptors (Lipinski definition) is 3. The molecule has 94 valence electrons. The quantitative estimate of drug-likeness (QED) is 0.901. The van der Waals surface area contributed by atoms with E-state index in [1.165, 1.54) is 0 Å². The summed E-state index contributed by atoms with van der Waals surface area (Å²) in [7, 11) is -2.87. The SMILES string of the molecule is O=S1(=O)CCCC(Nc2ccc(Cl)c(Br)c2)C1. The molecule has 0 aromatic heterocycles. The van der Waals surface area contributed by atoms with Crippen molar-refractivity contribution in [3.05, 3.63) is 27.7 Å². The zero-order chi connectivity index (χ0) is 12.5. The predicted octanol–water partition coefficient (Wildman–Crippen LogP) is 3.09. The maximum atomic E-state index is 11.5. The number of benzene rings is 1. The minimum Gasteiger partial charge on any atom is -0.381 e. The average Bonchev–Trinajstić information content (AvgIpc) is 2.22. The predicted molar refractivity (Wildman–Crippen MR) is 74.5 cm³/mol. The molecule has 2 rings (SSSR count). The van der Waals surface area contributed by atoms with Crippen LogP contribution in [0.4, 0.5) is 5.69 Å². The van der Waals surface area contributed by atoms with Gasteiger partial charge in [0, 0.05) is 16.2 Å². The molecule has 1 unspecified atom stereocenters. The fourth-order valence-electron chi connectivity index (χ4n) is 1.96. The molecule has 0 saturated carbocycles. The lowest BCUT2D eigenvalue weighted by Gasteiger charge is -2.24. The van der Waals surface area contributed by atoms with Crippen molar-refractivity contribution in [3.63, 3.8) is 0 Å². The molecule has 1 atom stereocenters. The van der Waals surface area contributed by atoms with E-state index in [0.717, 1.165) is 23.0 Å². The first-order chi connectivity index (χ1) is 7.96. The summed E-state index contributed by atoms with van der Waals surface area (Å²) >= 11 is 9.24. The Labute approximate surface area is 115 Å². The standard InChI is InChI=1S/C11H13BrClNO2S/c12-10-6-8(3-4-11(10)13)14-9-2-1-5-17(15,16)7-9/h3-4,6,9,14H,1-2,5,7H2. The average molecular weight is 339 g/mol. The van der Waals surface area contributed by atoms with Crippen LogP contribution in [0.1, 0.15) is 12.8 Å². The Bertz CT molecular complexity index is 518. The molecule has 1 aliphatic rings. The van der Waals surface area contributed by atoms with Crippen LogP contribution in [-0.2, 0) is 9.84 Å². The van der Waals surface area contributed by atoms with E-state index in [2.05, 4.69) is 21.2 Å². The summed E-state index contributed by atoms with van der Waals surface area (Å²) < 4.78 is 23.8. The van der Waals surface area contributed by atoms with Gasteiger partial charge in [-0.3, -0.25) is 0 Å². The highest BCUT2D eigenvalue weighted by atomic mass is 79.9. The van der Waals surface area contributed by atoms with E-state index in [1.807, 2.05) is 12.1 Å². The topological polar surface area (TPSA) is 46.2 Å². The van der Waals surface area contributed by atoms with Gasteiger partial charge in [0.2, 0.25) is 0 Å². The summed E-state index contributed by atoms with van der Waals surface area (Å²) in [4.78, 5) is 0. The van der Waals surface area contributed by atoms with Crippen LogP contribution in [0.2, 0.25) is 5.02 Å². The molecule has 0 radical (unpaired) electrons. The van der Waals surface area contributed by atoms with E-state index < -0.39 is 9.84 Å². The van der Waals surface area contributed by atoms with Gasteiger partial charge in [-0.1, -0.05) is 11.6 Å². The Morgan fingerprint density at radius 1 is 1.41 bits per heavy atom. The van der Waals surface area contributed by atoms with Crippen LogP contribution in [0.3, 0.4) is 0 Å². The van der Waals surface area contributed by atoms with E-state index in [9.17, 15) is 8.42 Å². The number of sulfone groups is 1. The van der Waals surface area contributed by atoms with Crippen molar-refractivity contribution >= 4 is 43.1 Å². The molecule has 17 heavy (non-hydrogen) atoms. The van der Waals surface area contributed by atoms with Crippen molar-refractivity contribution in [3.8, 4) is 0 Å². The molecule has 0 amide bonds. The van der Waals surface area contributed by atoms with Gasteiger partial charge in [-0.2, -0.15) is 0 Å². The van der Waals surface area contributed by atoms with Gasteiger partial charge in [0.25, 0.3) is 0 Å². The number of hydrogen-bond donors (Lipinski definition) is 1. The van der Waals surface area contributed by atoms with Crippen molar-refractivity contribution in [2.24, 2.45) is 0 Å². The molecule has 0 spiro atoms. The van der Waals surface area contributed by atoms with Crippen molar-refractivity contribution in [2.75, 3.05) is 16.8 Å². The van der Waals surface area contributed by atoms with Crippen LogP contribution in [0, 0.1) is 0 Å². The highest BCUT2D eigenvalue weighted by Gasteiger charge is 2.24. The van der Waals surface area contributed by atoms with Gasteiger partial charge < -0.3 is 5.32 Å². The van der Waals surface area contributed by atoms with Crippen LogP contribution in [0.5, 0.6) is 0 Å². The van der Waals surface area contributed by atoms with Gasteiger partial charge in [-0.15, -0.1) is 0 Å². The first-order valence-electron chi connectivity index (χ1n) is 5.38. The second kappa shape index (κ2) is 5.16. The highest BCUT2D eigenvalue weighted by Crippen LogP contribution is 2.26. The fourth-order valence-corrected chi connectivity index (χ4v) is 4.09. The third-order valence-electron chi connectivity index (χ3n) is 2.75. The smallest absolute Gasteiger partial charge is 0.152 e. The number of rotatable bonds is 2. The number of anilines is 1. The summed E-state index contributed by atoms with van der Waals surface area (Å²) in [5, 5.41) is 3.88.